The summed E-state index contributed by atoms with van der Waals surface area (Å²) >= 11 is 4.97. The fraction of sp³-hybridized carbons (Fsp3) is 0.533. The highest BCUT2D eigenvalue weighted by atomic mass is 35.5. The van der Waals surface area contributed by atoms with Gasteiger partial charge >= 0.3 is 11.5 Å². The molecule has 0 bridgehead atoms. The summed E-state index contributed by atoms with van der Waals surface area (Å²) in [4.78, 5) is 21.9. The monoisotopic (exact) mass is 598 g/mol. The lowest BCUT2D eigenvalue weighted by Crippen LogP contribution is -2.43. The number of aliphatic hydroxyl groups excluding tert-OH is 2. The van der Waals surface area contributed by atoms with Crippen LogP contribution in [0.3, 0.4) is 0 Å². The molecule has 2 aliphatic rings. The fourth-order valence-electron chi connectivity index (χ4n) is 4.71. The van der Waals surface area contributed by atoms with Gasteiger partial charge in [-0.15, -0.1) is 12.4 Å². The van der Waals surface area contributed by atoms with Crippen LogP contribution in [-0.4, -0.2) is 47.0 Å². The number of carbonyl (C=O) groups excluding carboxylic acids is 2. The van der Waals surface area contributed by atoms with Crippen LogP contribution >= 0.6 is 24.0 Å². The number of amides is 1. The molecule has 2 aromatic rings. The number of benzene rings is 2. The molecule has 0 heterocycles. The van der Waals surface area contributed by atoms with Gasteiger partial charge in [0.25, 0.3) is 0 Å². The summed E-state index contributed by atoms with van der Waals surface area (Å²) in [6, 6.07) is 19.3. The molecule has 0 radical (unpaired) electrons. The first-order valence-corrected chi connectivity index (χ1v) is 14.1. The van der Waals surface area contributed by atoms with Crippen molar-refractivity contribution in [2.75, 3.05) is 13.2 Å². The molecule has 40 heavy (non-hydrogen) atoms. The summed E-state index contributed by atoms with van der Waals surface area (Å²) in [5.74, 6) is 0.553. The Morgan fingerprint density at radius 2 is 1.25 bits per heavy atom. The molecule has 2 aliphatic carbocycles. The number of ether oxygens (including phenoxy) is 2. The second kappa shape index (κ2) is 21.4. The van der Waals surface area contributed by atoms with Crippen molar-refractivity contribution >= 4 is 35.5 Å². The summed E-state index contributed by atoms with van der Waals surface area (Å²) < 4.78 is 9.75. The fourth-order valence-corrected chi connectivity index (χ4v) is 4.76. The quantitative estimate of drug-likeness (QED) is 0.290. The Morgan fingerprint density at radius 1 is 0.775 bits per heavy atom. The molecular formula is C30H44Cl2N2O6. The van der Waals surface area contributed by atoms with Crippen molar-refractivity contribution in [1.82, 2.24) is 5.32 Å². The molecule has 0 aromatic heterocycles. The molecule has 4 atom stereocenters. The number of rotatable bonds is 7. The molecule has 8 nitrogen and oxygen atoms in total. The number of alkyl carbamates (subject to hydrolysis) is 1. The molecule has 0 saturated heterocycles. The minimum Gasteiger partial charge on any atom is -0.449 e. The lowest BCUT2D eigenvalue weighted by atomic mass is 9.85. The van der Waals surface area contributed by atoms with Crippen molar-refractivity contribution in [1.29, 1.82) is 0 Å². The van der Waals surface area contributed by atoms with E-state index in [0.717, 1.165) is 49.7 Å². The molecule has 224 valence electrons. The van der Waals surface area contributed by atoms with Gasteiger partial charge in [0.15, 0.2) is 0 Å². The van der Waals surface area contributed by atoms with Crippen LogP contribution < -0.4 is 11.1 Å². The Morgan fingerprint density at radius 3 is 1.73 bits per heavy atom. The summed E-state index contributed by atoms with van der Waals surface area (Å²) in [7, 11) is 0. The van der Waals surface area contributed by atoms with Gasteiger partial charge in [0, 0.05) is 42.8 Å². The first kappa shape index (κ1) is 35.7. The predicted molar refractivity (Wildman–Crippen MR) is 159 cm³/mol. The number of nitrogens with two attached hydrogens (primary N) is 1. The van der Waals surface area contributed by atoms with Gasteiger partial charge in [0.2, 0.25) is 0 Å². The SMILES string of the molecule is Cl.N[C@@H]1CCCC[C@@H]1CO.O=C(Cl)OCc1ccccc1.O=C(N[C@@H]1CCCC[C@@H]1CO)OCc1ccccc1. The Balaban J connectivity index is 0.000000324. The lowest BCUT2D eigenvalue weighted by molar-refractivity contribution is 0.113. The maximum Gasteiger partial charge on any atom is 0.407 e. The van der Waals surface area contributed by atoms with Gasteiger partial charge in [-0.3, -0.25) is 0 Å². The van der Waals surface area contributed by atoms with Gasteiger partial charge in [-0.2, -0.15) is 0 Å². The van der Waals surface area contributed by atoms with Crippen molar-refractivity contribution < 1.29 is 29.3 Å². The smallest absolute Gasteiger partial charge is 0.407 e. The number of aliphatic hydroxyl groups is 2. The van der Waals surface area contributed by atoms with Crippen LogP contribution in [0.5, 0.6) is 0 Å². The Hall–Kier alpha value is -2.36. The van der Waals surface area contributed by atoms with E-state index in [1.807, 2.05) is 60.7 Å². The molecule has 5 N–H and O–H groups in total. The van der Waals surface area contributed by atoms with Gasteiger partial charge in [0.05, 0.1) is 0 Å². The minimum absolute atomic E-state index is 0. The number of carbonyl (C=O) groups is 2. The number of halogens is 2. The molecule has 2 saturated carbocycles. The summed E-state index contributed by atoms with van der Waals surface area (Å²) in [5, 5.41) is 20.9. The molecule has 1 amide bonds. The largest absolute Gasteiger partial charge is 0.449 e. The highest BCUT2D eigenvalue weighted by Crippen LogP contribution is 2.24. The molecule has 0 aliphatic heterocycles. The van der Waals surface area contributed by atoms with E-state index in [9.17, 15) is 14.7 Å². The van der Waals surface area contributed by atoms with Gasteiger partial charge in [-0.05, 0) is 42.7 Å². The van der Waals surface area contributed by atoms with Crippen molar-refractivity contribution in [2.45, 2.75) is 76.7 Å². The van der Waals surface area contributed by atoms with E-state index in [-0.39, 0.29) is 56.8 Å². The van der Waals surface area contributed by atoms with E-state index in [1.165, 1.54) is 12.8 Å². The second-order valence-electron chi connectivity index (χ2n) is 9.94. The third-order valence-electron chi connectivity index (χ3n) is 7.06. The zero-order valence-electron chi connectivity index (χ0n) is 23.0. The molecule has 10 heteroatoms. The average Bonchev–Trinajstić information content (AvgIpc) is 2.97. The van der Waals surface area contributed by atoms with Gasteiger partial charge < -0.3 is 30.7 Å². The zero-order valence-corrected chi connectivity index (χ0v) is 24.5. The van der Waals surface area contributed by atoms with Crippen molar-refractivity contribution in [3.8, 4) is 0 Å². The second-order valence-corrected chi connectivity index (χ2v) is 10.3. The highest BCUT2D eigenvalue weighted by molar-refractivity contribution is 6.61. The van der Waals surface area contributed by atoms with Crippen LogP contribution in [0.15, 0.2) is 60.7 Å². The van der Waals surface area contributed by atoms with E-state index < -0.39 is 11.5 Å². The summed E-state index contributed by atoms with van der Waals surface area (Å²) in [6.45, 7) is 0.928. The number of hydrogen-bond donors (Lipinski definition) is 4. The highest BCUT2D eigenvalue weighted by Gasteiger charge is 2.26. The predicted octanol–water partition coefficient (Wildman–Crippen LogP) is 5.94. The molecule has 0 unspecified atom stereocenters. The van der Waals surface area contributed by atoms with Gasteiger partial charge in [0.1, 0.15) is 13.2 Å². The van der Waals surface area contributed by atoms with Crippen LogP contribution in [0.2, 0.25) is 0 Å². The van der Waals surface area contributed by atoms with Gasteiger partial charge in [-0.25, -0.2) is 9.59 Å². The Bertz CT molecular complexity index is 938. The Labute approximate surface area is 249 Å². The average molecular weight is 600 g/mol. The third-order valence-corrected chi connectivity index (χ3v) is 7.17. The lowest BCUT2D eigenvalue weighted by Gasteiger charge is -2.30. The molecule has 2 aromatic carbocycles. The van der Waals surface area contributed by atoms with Crippen LogP contribution in [0.1, 0.15) is 62.5 Å². The molecular weight excluding hydrogens is 555 g/mol. The third kappa shape index (κ3) is 14.9. The van der Waals surface area contributed by atoms with Crippen molar-refractivity contribution in [3.05, 3.63) is 71.8 Å². The maximum absolute atomic E-state index is 11.7. The number of hydrogen-bond acceptors (Lipinski definition) is 7. The van der Waals surface area contributed by atoms with Crippen LogP contribution in [-0.2, 0) is 22.7 Å². The first-order chi connectivity index (χ1) is 18.9. The van der Waals surface area contributed by atoms with Crippen LogP contribution in [0.25, 0.3) is 0 Å². The van der Waals surface area contributed by atoms with E-state index in [1.54, 1.807) is 0 Å². The van der Waals surface area contributed by atoms with Crippen LogP contribution in [0, 0.1) is 11.8 Å². The number of nitrogens with one attached hydrogen (secondary N) is 1. The minimum atomic E-state index is -0.770. The zero-order chi connectivity index (χ0) is 28.3. The van der Waals surface area contributed by atoms with E-state index in [0.29, 0.717) is 5.92 Å². The van der Waals surface area contributed by atoms with Crippen molar-refractivity contribution in [2.24, 2.45) is 17.6 Å². The standard InChI is InChI=1S/C15H21NO3.C8H7ClO2.C7H15NO.ClH/c17-10-13-8-4-5-9-14(13)16-15(18)19-11-12-6-2-1-3-7-12;9-8(10)11-6-7-4-2-1-3-5-7;8-7-4-2-1-3-6(7)5-9;/h1-3,6-7,13-14,17H,4-5,8-11H2,(H,16,18);1-5H,6H2;6-7,9H,1-5,8H2;1H/t13-,14-;;6-,7-;/m1.1./s1. The van der Waals surface area contributed by atoms with Crippen LogP contribution in [0.4, 0.5) is 9.59 Å². The Kier molecular flexibility index (Phi) is 19.1. The first-order valence-electron chi connectivity index (χ1n) is 13.7. The maximum atomic E-state index is 11.7. The topological polar surface area (TPSA) is 131 Å². The molecule has 0 spiro atoms. The molecule has 4 rings (SSSR count). The van der Waals surface area contributed by atoms with Gasteiger partial charge in [-0.1, -0.05) is 86.3 Å². The van der Waals surface area contributed by atoms with Crippen molar-refractivity contribution in [3.63, 3.8) is 0 Å². The van der Waals surface area contributed by atoms with E-state index >= 15 is 0 Å². The van der Waals surface area contributed by atoms with E-state index in [2.05, 4.69) is 10.1 Å². The molecule has 2 fully saturated rings. The summed E-state index contributed by atoms with van der Waals surface area (Å²) in [5.41, 5.74) is 6.86. The van der Waals surface area contributed by atoms with E-state index in [4.69, 9.17) is 27.2 Å². The normalized spacial score (nSPS) is 21.6. The summed E-state index contributed by atoms with van der Waals surface area (Å²) in [6.07, 6.45) is 8.45.